The van der Waals surface area contributed by atoms with Gasteiger partial charge in [0, 0.05) is 13.1 Å². The van der Waals surface area contributed by atoms with E-state index in [0.717, 1.165) is 23.6 Å². The van der Waals surface area contributed by atoms with Gasteiger partial charge in [0.2, 0.25) is 0 Å². The SMILES string of the molecule is CC(=O)c1ncc(C(=O)Nc2cc(C(F)(F)F)c(C)cn2)s1. The van der Waals surface area contributed by atoms with Gasteiger partial charge in [0.25, 0.3) is 5.91 Å². The van der Waals surface area contributed by atoms with Gasteiger partial charge in [-0.25, -0.2) is 9.97 Å². The summed E-state index contributed by atoms with van der Waals surface area (Å²) in [6.07, 6.45) is -2.31. The van der Waals surface area contributed by atoms with Crippen LogP contribution in [0.15, 0.2) is 18.5 Å². The fourth-order valence-corrected chi connectivity index (χ4v) is 2.32. The van der Waals surface area contributed by atoms with Gasteiger partial charge in [-0.1, -0.05) is 0 Å². The van der Waals surface area contributed by atoms with Crippen molar-refractivity contribution in [3.05, 3.63) is 39.5 Å². The van der Waals surface area contributed by atoms with Gasteiger partial charge in [0.05, 0.1) is 11.8 Å². The molecule has 0 aliphatic carbocycles. The molecule has 0 aliphatic rings. The second-order valence-corrected chi connectivity index (χ2v) is 5.45. The van der Waals surface area contributed by atoms with E-state index < -0.39 is 17.6 Å². The molecule has 0 aliphatic heterocycles. The van der Waals surface area contributed by atoms with Crippen LogP contribution in [0.3, 0.4) is 0 Å². The molecule has 0 fully saturated rings. The first-order valence-corrected chi connectivity index (χ1v) is 6.82. The topological polar surface area (TPSA) is 72.0 Å². The molecule has 22 heavy (non-hydrogen) atoms. The van der Waals surface area contributed by atoms with Crippen LogP contribution < -0.4 is 5.32 Å². The maximum absolute atomic E-state index is 12.8. The minimum Gasteiger partial charge on any atom is -0.306 e. The highest BCUT2D eigenvalue weighted by Crippen LogP contribution is 2.32. The van der Waals surface area contributed by atoms with Crippen LogP contribution in [0.4, 0.5) is 19.0 Å². The third-order valence-corrected chi connectivity index (χ3v) is 3.78. The Morgan fingerprint density at radius 3 is 2.45 bits per heavy atom. The highest BCUT2D eigenvalue weighted by Gasteiger charge is 2.33. The fraction of sp³-hybridized carbons (Fsp3) is 0.231. The summed E-state index contributed by atoms with van der Waals surface area (Å²) >= 11 is 0.859. The maximum atomic E-state index is 12.8. The van der Waals surface area contributed by atoms with E-state index in [9.17, 15) is 22.8 Å². The van der Waals surface area contributed by atoms with Crippen molar-refractivity contribution in [1.82, 2.24) is 9.97 Å². The second-order valence-electron chi connectivity index (χ2n) is 4.42. The number of alkyl halides is 3. The fourth-order valence-electron chi connectivity index (χ4n) is 1.62. The first-order valence-electron chi connectivity index (χ1n) is 6.00. The van der Waals surface area contributed by atoms with E-state index in [1.165, 1.54) is 20.0 Å². The minimum absolute atomic E-state index is 0.0397. The van der Waals surface area contributed by atoms with Gasteiger partial charge in [0.1, 0.15) is 10.7 Å². The zero-order valence-corrected chi connectivity index (χ0v) is 12.3. The highest BCUT2D eigenvalue weighted by atomic mass is 32.1. The van der Waals surface area contributed by atoms with E-state index in [2.05, 4.69) is 15.3 Å². The normalized spacial score (nSPS) is 11.3. The molecule has 2 heterocycles. The van der Waals surface area contributed by atoms with Gasteiger partial charge < -0.3 is 5.32 Å². The van der Waals surface area contributed by atoms with Crippen molar-refractivity contribution < 1.29 is 22.8 Å². The maximum Gasteiger partial charge on any atom is 0.416 e. The van der Waals surface area contributed by atoms with E-state index in [0.29, 0.717) is 0 Å². The lowest BCUT2D eigenvalue weighted by molar-refractivity contribution is -0.138. The number of anilines is 1. The van der Waals surface area contributed by atoms with Crippen LogP contribution in [0.1, 0.15) is 37.5 Å². The van der Waals surface area contributed by atoms with E-state index in [4.69, 9.17) is 0 Å². The van der Waals surface area contributed by atoms with Gasteiger partial charge in [-0.2, -0.15) is 13.2 Å². The summed E-state index contributed by atoms with van der Waals surface area (Å²) in [5, 5.41) is 2.41. The van der Waals surface area contributed by atoms with Crippen LogP contribution in [0.5, 0.6) is 0 Å². The van der Waals surface area contributed by atoms with Gasteiger partial charge in [-0.05, 0) is 18.6 Å². The molecule has 1 N–H and O–H groups in total. The molecule has 2 rings (SSSR count). The molecular formula is C13H10F3N3O2S. The molecule has 9 heteroatoms. The predicted octanol–water partition coefficient (Wildman–Crippen LogP) is 3.32. The number of halogens is 3. The summed E-state index contributed by atoms with van der Waals surface area (Å²) in [7, 11) is 0. The summed E-state index contributed by atoms with van der Waals surface area (Å²) in [4.78, 5) is 30.6. The molecule has 2 aromatic rings. The minimum atomic E-state index is -4.53. The molecule has 0 bridgehead atoms. The molecule has 0 saturated carbocycles. The van der Waals surface area contributed by atoms with Gasteiger partial charge in [-0.3, -0.25) is 9.59 Å². The number of aromatic nitrogens is 2. The number of thiazole rings is 1. The van der Waals surface area contributed by atoms with Crippen LogP contribution in [0, 0.1) is 6.92 Å². The highest BCUT2D eigenvalue weighted by molar-refractivity contribution is 7.15. The number of pyridine rings is 1. The van der Waals surface area contributed by atoms with E-state index in [1.807, 2.05) is 0 Å². The Morgan fingerprint density at radius 1 is 1.23 bits per heavy atom. The van der Waals surface area contributed by atoms with Crippen LogP contribution in [-0.2, 0) is 6.18 Å². The summed E-state index contributed by atoms with van der Waals surface area (Å²) in [6.45, 7) is 2.58. The molecular weight excluding hydrogens is 319 g/mol. The number of nitrogens with zero attached hydrogens (tertiary/aromatic N) is 2. The molecule has 0 unspecified atom stereocenters. The van der Waals surface area contributed by atoms with E-state index in [-0.39, 0.29) is 27.0 Å². The monoisotopic (exact) mass is 329 g/mol. The Kier molecular flexibility index (Phi) is 4.27. The predicted molar refractivity (Wildman–Crippen MR) is 74.0 cm³/mol. The number of carbonyl (C=O) groups excluding carboxylic acids is 2. The lowest BCUT2D eigenvalue weighted by atomic mass is 10.1. The van der Waals surface area contributed by atoms with Crippen molar-refractivity contribution >= 4 is 28.8 Å². The molecule has 1 amide bonds. The molecule has 0 atom stereocenters. The van der Waals surface area contributed by atoms with Crippen molar-refractivity contribution in [2.45, 2.75) is 20.0 Å². The number of ketones is 1. The third-order valence-electron chi connectivity index (χ3n) is 2.68. The quantitative estimate of drug-likeness (QED) is 0.877. The van der Waals surface area contributed by atoms with Crippen molar-refractivity contribution in [3.63, 3.8) is 0 Å². The van der Waals surface area contributed by atoms with Crippen molar-refractivity contribution in [1.29, 1.82) is 0 Å². The molecule has 0 aromatic carbocycles. The molecule has 5 nitrogen and oxygen atoms in total. The first-order chi connectivity index (χ1) is 10.2. The zero-order chi connectivity index (χ0) is 16.5. The zero-order valence-electron chi connectivity index (χ0n) is 11.5. The van der Waals surface area contributed by atoms with Crippen molar-refractivity contribution in [2.75, 3.05) is 5.32 Å². The summed E-state index contributed by atoms with van der Waals surface area (Å²) in [5.74, 6) is -1.19. The molecule has 2 aromatic heterocycles. The number of Topliss-reactive ketones (excluding diaryl/α,β-unsaturated/α-hetero) is 1. The van der Waals surface area contributed by atoms with E-state index >= 15 is 0 Å². The Balaban J connectivity index is 2.23. The summed E-state index contributed by atoms with van der Waals surface area (Å²) in [5.41, 5.74) is -0.909. The Labute approximate surface area is 127 Å². The Hall–Kier alpha value is -2.29. The number of rotatable bonds is 3. The number of hydrogen-bond donors (Lipinski definition) is 1. The lowest BCUT2D eigenvalue weighted by Crippen LogP contribution is -2.14. The molecule has 0 radical (unpaired) electrons. The number of aryl methyl sites for hydroxylation is 1. The molecule has 116 valence electrons. The summed E-state index contributed by atoms with van der Waals surface area (Å²) < 4.78 is 38.4. The first kappa shape index (κ1) is 16.1. The standard InChI is InChI=1S/C13H10F3N3O2S/c1-6-4-17-10(3-8(6)13(14,15)16)19-11(21)9-5-18-12(22-9)7(2)20/h3-5H,1-2H3,(H,17,19,21). The van der Waals surface area contributed by atoms with Gasteiger partial charge in [0.15, 0.2) is 10.8 Å². The average Bonchev–Trinajstić information content (AvgIpc) is 2.89. The summed E-state index contributed by atoms with van der Waals surface area (Å²) in [6, 6.07) is 0.764. The molecule has 0 saturated heterocycles. The number of nitrogens with one attached hydrogen (secondary N) is 1. The third kappa shape index (κ3) is 3.48. The Bertz CT molecular complexity index is 740. The smallest absolute Gasteiger partial charge is 0.306 e. The number of hydrogen-bond acceptors (Lipinski definition) is 5. The van der Waals surface area contributed by atoms with Gasteiger partial charge >= 0.3 is 6.18 Å². The Morgan fingerprint density at radius 2 is 1.91 bits per heavy atom. The molecule has 0 spiro atoms. The van der Waals surface area contributed by atoms with Crippen molar-refractivity contribution in [3.8, 4) is 0 Å². The van der Waals surface area contributed by atoms with Crippen LogP contribution in [0.2, 0.25) is 0 Å². The van der Waals surface area contributed by atoms with Crippen LogP contribution >= 0.6 is 11.3 Å². The average molecular weight is 329 g/mol. The van der Waals surface area contributed by atoms with Gasteiger partial charge in [-0.15, -0.1) is 11.3 Å². The van der Waals surface area contributed by atoms with Crippen LogP contribution in [-0.4, -0.2) is 21.7 Å². The van der Waals surface area contributed by atoms with E-state index in [1.54, 1.807) is 0 Å². The lowest BCUT2D eigenvalue weighted by Gasteiger charge is -2.11. The number of carbonyl (C=O) groups is 2. The second kappa shape index (κ2) is 5.84. The van der Waals surface area contributed by atoms with Crippen LogP contribution in [0.25, 0.3) is 0 Å². The largest absolute Gasteiger partial charge is 0.416 e. The number of amides is 1. The van der Waals surface area contributed by atoms with Crippen molar-refractivity contribution in [2.24, 2.45) is 0 Å².